The van der Waals surface area contributed by atoms with Gasteiger partial charge in [0.25, 0.3) is 0 Å². The molecule has 2 N–H and O–H groups in total. The Balaban J connectivity index is 1.09. The van der Waals surface area contributed by atoms with Crippen molar-refractivity contribution in [2.45, 2.75) is 57.4 Å². The van der Waals surface area contributed by atoms with Crippen LogP contribution in [0.15, 0.2) is 42.5 Å². The minimum Gasteiger partial charge on any atom is -0.384 e. The molecule has 2 aromatic carbocycles. The van der Waals surface area contributed by atoms with E-state index in [0.717, 1.165) is 61.0 Å². The Morgan fingerprint density at radius 2 is 1.59 bits per heavy atom. The predicted molar refractivity (Wildman–Crippen MR) is 137 cm³/mol. The number of ketones is 2. The molecule has 0 spiro atoms. The molecule has 0 bridgehead atoms. The fourth-order valence-corrected chi connectivity index (χ4v) is 5.36. The van der Waals surface area contributed by atoms with E-state index in [1.807, 2.05) is 18.2 Å². The topological polar surface area (TPSA) is 71.1 Å². The Kier molecular flexibility index (Phi) is 6.93. The largest absolute Gasteiger partial charge is 0.384 e. The zero-order valence-corrected chi connectivity index (χ0v) is 20.1. The second-order valence-electron chi connectivity index (χ2n) is 9.28. The third kappa shape index (κ3) is 4.59. The first kappa shape index (κ1) is 23.0. The van der Waals surface area contributed by atoms with Crippen LogP contribution in [0.3, 0.4) is 0 Å². The standard InChI is InChI=1S/C28H30ClN3O2/c29-18-13-14-24-22(17-18)25(21-11-5-6-12-23(21)32-24)30-15-7-1-2-8-16-31-26-27(33)19-9-3-4-10-20(19)28(26)34/h3-4,9-10,13-14,17,26,31H,1-2,5-8,11-12,15-16H2,(H,30,32). The summed E-state index contributed by atoms with van der Waals surface area (Å²) in [7, 11) is 0. The Morgan fingerprint density at radius 3 is 2.35 bits per heavy atom. The summed E-state index contributed by atoms with van der Waals surface area (Å²) < 4.78 is 0. The number of benzene rings is 2. The second-order valence-corrected chi connectivity index (χ2v) is 9.72. The molecule has 0 atom stereocenters. The van der Waals surface area contributed by atoms with Crippen LogP contribution in [0.5, 0.6) is 0 Å². The highest BCUT2D eigenvalue weighted by molar-refractivity contribution is 6.31. The molecular formula is C28H30ClN3O2. The first-order chi connectivity index (χ1) is 16.6. The number of halogens is 1. The second kappa shape index (κ2) is 10.2. The maximum absolute atomic E-state index is 12.5. The van der Waals surface area contributed by atoms with Crippen LogP contribution in [0.4, 0.5) is 5.69 Å². The van der Waals surface area contributed by atoms with Crippen molar-refractivity contribution in [2.24, 2.45) is 0 Å². The van der Waals surface area contributed by atoms with E-state index in [2.05, 4.69) is 10.6 Å². The quantitative estimate of drug-likeness (QED) is 0.303. The molecule has 2 aliphatic rings. The number of Topliss-reactive ketones (excluding diaryl/α,β-unsaturated/α-hetero) is 2. The Morgan fingerprint density at radius 1 is 0.882 bits per heavy atom. The van der Waals surface area contributed by atoms with Crippen LogP contribution >= 0.6 is 11.6 Å². The smallest absolute Gasteiger partial charge is 0.188 e. The molecule has 0 aliphatic heterocycles. The van der Waals surface area contributed by atoms with Crippen LogP contribution in [0, 0.1) is 0 Å². The fourth-order valence-electron chi connectivity index (χ4n) is 5.19. The molecule has 0 saturated heterocycles. The number of carbonyl (C=O) groups is 2. The van der Waals surface area contributed by atoms with Gasteiger partial charge in [-0.05, 0) is 68.8 Å². The van der Waals surface area contributed by atoms with Gasteiger partial charge in [-0.25, -0.2) is 0 Å². The summed E-state index contributed by atoms with van der Waals surface area (Å²) in [4.78, 5) is 29.8. The maximum atomic E-state index is 12.5. The number of aromatic nitrogens is 1. The van der Waals surface area contributed by atoms with Crippen LogP contribution < -0.4 is 10.6 Å². The number of aryl methyl sites for hydroxylation is 1. The van der Waals surface area contributed by atoms with Gasteiger partial charge >= 0.3 is 0 Å². The lowest BCUT2D eigenvalue weighted by atomic mass is 9.92. The Labute approximate surface area is 205 Å². The lowest BCUT2D eigenvalue weighted by molar-refractivity contribution is 0.0868. The van der Waals surface area contributed by atoms with Crippen LogP contribution in [0.25, 0.3) is 10.9 Å². The van der Waals surface area contributed by atoms with Crippen molar-refractivity contribution in [3.8, 4) is 0 Å². The van der Waals surface area contributed by atoms with E-state index in [0.29, 0.717) is 17.7 Å². The number of carbonyl (C=O) groups excluding carboxylic acids is 2. The minimum absolute atomic E-state index is 0.0992. The molecule has 1 heterocycles. The third-order valence-corrected chi connectivity index (χ3v) is 7.20. The van der Waals surface area contributed by atoms with E-state index in [1.54, 1.807) is 24.3 Å². The predicted octanol–water partition coefficient (Wildman–Crippen LogP) is 5.78. The van der Waals surface area contributed by atoms with Crippen molar-refractivity contribution < 1.29 is 9.59 Å². The number of anilines is 1. The van der Waals surface area contributed by atoms with Gasteiger partial charge < -0.3 is 10.6 Å². The molecule has 3 aromatic rings. The molecule has 34 heavy (non-hydrogen) atoms. The van der Waals surface area contributed by atoms with Gasteiger partial charge in [0.2, 0.25) is 0 Å². The van der Waals surface area contributed by atoms with Gasteiger partial charge in [-0.1, -0.05) is 48.7 Å². The average molecular weight is 476 g/mol. The summed E-state index contributed by atoms with van der Waals surface area (Å²) in [5.41, 5.74) is 5.90. The average Bonchev–Trinajstić information content (AvgIpc) is 3.10. The van der Waals surface area contributed by atoms with Gasteiger partial charge in [0.15, 0.2) is 11.6 Å². The van der Waals surface area contributed by atoms with Crippen molar-refractivity contribution >= 4 is 39.8 Å². The molecular weight excluding hydrogens is 446 g/mol. The molecule has 6 heteroatoms. The van der Waals surface area contributed by atoms with E-state index in [1.165, 1.54) is 29.8 Å². The SMILES string of the molecule is O=C1c2ccccc2C(=O)C1NCCCCCCNc1c2c(nc3ccc(Cl)cc13)CCCC2. The normalized spacial score (nSPS) is 15.6. The number of hydrogen-bond donors (Lipinski definition) is 2. The number of nitrogens with one attached hydrogen (secondary N) is 2. The molecule has 0 unspecified atom stereocenters. The maximum Gasteiger partial charge on any atom is 0.188 e. The third-order valence-electron chi connectivity index (χ3n) is 6.96. The Bertz CT molecular complexity index is 1200. The lowest BCUT2D eigenvalue weighted by Gasteiger charge is -2.22. The van der Waals surface area contributed by atoms with Gasteiger partial charge in [0, 0.05) is 39.5 Å². The molecule has 0 amide bonds. The van der Waals surface area contributed by atoms with Crippen molar-refractivity contribution in [3.63, 3.8) is 0 Å². The number of unbranched alkanes of at least 4 members (excludes halogenated alkanes) is 3. The van der Waals surface area contributed by atoms with Gasteiger partial charge in [-0.3, -0.25) is 14.6 Å². The van der Waals surface area contributed by atoms with Gasteiger partial charge in [0.1, 0.15) is 6.04 Å². The molecule has 0 fully saturated rings. The lowest BCUT2D eigenvalue weighted by Crippen LogP contribution is -2.39. The van der Waals surface area contributed by atoms with E-state index in [4.69, 9.17) is 16.6 Å². The minimum atomic E-state index is -0.711. The van der Waals surface area contributed by atoms with E-state index in [9.17, 15) is 9.59 Å². The number of pyridine rings is 1. The zero-order chi connectivity index (χ0) is 23.5. The van der Waals surface area contributed by atoms with Crippen molar-refractivity contribution in [1.29, 1.82) is 0 Å². The highest BCUT2D eigenvalue weighted by Crippen LogP contribution is 2.34. The molecule has 2 aliphatic carbocycles. The van der Waals surface area contributed by atoms with Gasteiger partial charge in [-0.15, -0.1) is 0 Å². The van der Waals surface area contributed by atoms with Crippen LogP contribution in [0.1, 0.15) is 70.5 Å². The molecule has 5 nitrogen and oxygen atoms in total. The first-order valence-electron chi connectivity index (χ1n) is 12.4. The van der Waals surface area contributed by atoms with Crippen LogP contribution in [-0.2, 0) is 12.8 Å². The molecule has 0 radical (unpaired) electrons. The summed E-state index contributed by atoms with van der Waals surface area (Å²) in [5, 5.41) is 8.72. The number of hydrogen-bond acceptors (Lipinski definition) is 5. The number of nitrogens with zero attached hydrogens (tertiary/aromatic N) is 1. The Hall–Kier alpha value is -2.76. The molecule has 0 saturated carbocycles. The monoisotopic (exact) mass is 475 g/mol. The molecule has 5 rings (SSSR count). The zero-order valence-electron chi connectivity index (χ0n) is 19.3. The first-order valence-corrected chi connectivity index (χ1v) is 12.8. The highest BCUT2D eigenvalue weighted by Gasteiger charge is 2.37. The number of rotatable bonds is 9. The fraction of sp³-hybridized carbons (Fsp3) is 0.393. The summed E-state index contributed by atoms with van der Waals surface area (Å²) in [6, 6.07) is 12.3. The van der Waals surface area contributed by atoms with Crippen molar-refractivity contribution in [1.82, 2.24) is 10.3 Å². The van der Waals surface area contributed by atoms with E-state index in [-0.39, 0.29) is 11.6 Å². The van der Waals surface area contributed by atoms with Crippen molar-refractivity contribution in [3.05, 3.63) is 69.9 Å². The van der Waals surface area contributed by atoms with Crippen LogP contribution in [0.2, 0.25) is 5.02 Å². The van der Waals surface area contributed by atoms with E-state index < -0.39 is 6.04 Å². The summed E-state index contributed by atoms with van der Waals surface area (Å²) in [5.74, 6) is -0.198. The van der Waals surface area contributed by atoms with Crippen LogP contribution in [-0.4, -0.2) is 35.7 Å². The summed E-state index contributed by atoms with van der Waals surface area (Å²) in [6.45, 7) is 1.57. The summed E-state index contributed by atoms with van der Waals surface area (Å²) >= 11 is 6.29. The molecule has 176 valence electrons. The number of fused-ring (bicyclic) bond motifs is 3. The summed E-state index contributed by atoms with van der Waals surface area (Å²) in [6.07, 6.45) is 8.68. The van der Waals surface area contributed by atoms with Gasteiger partial charge in [0.05, 0.1) is 5.52 Å². The van der Waals surface area contributed by atoms with Gasteiger partial charge in [-0.2, -0.15) is 0 Å². The molecule has 1 aromatic heterocycles. The van der Waals surface area contributed by atoms with Crippen molar-refractivity contribution in [2.75, 3.05) is 18.4 Å². The highest BCUT2D eigenvalue weighted by atomic mass is 35.5. The van der Waals surface area contributed by atoms with E-state index >= 15 is 0 Å².